The molecule has 0 aliphatic rings. The van der Waals surface area contributed by atoms with Crippen molar-refractivity contribution >= 4 is 115 Å². The van der Waals surface area contributed by atoms with Gasteiger partial charge >= 0.3 is 0 Å². The predicted octanol–water partition coefficient (Wildman–Crippen LogP) is 19.9. The summed E-state index contributed by atoms with van der Waals surface area (Å²) in [5.41, 5.74) is 25.5. The van der Waals surface area contributed by atoms with Crippen molar-refractivity contribution in [2.24, 2.45) is 15.4 Å². The molecule has 0 aliphatic carbocycles. The number of phenols is 3. The molecule has 7 aromatic rings. The van der Waals surface area contributed by atoms with Crippen LogP contribution in [0.5, 0.6) is 17.2 Å². The molecule has 7 rings (SSSR count). The molecule has 0 radical (unpaired) electrons. The van der Waals surface area contributed by atoms with E-state index in [0.717, 1.165) is 33.4 Å². The Labute approximate surface area is 495 Å². The van der Waals surface area contributed by atoms with E-state index in [1.54, 1.807) is 24.3 Å². The van der Waals surface area contributed by atoms with E-state index in [0.29, 0.717) is 75.3 Å². The molecule has 0 amide bonds. The maximum Gasteiger partial charge on any atom is 0.150 e. The standard InChI is InChI=1S/C20H23Cl2N3O.C20H25Cl2N3O.C14H21NO2.C6H6Cl2N2/c1-19(2,3)11-7-12(20(4,5)6)18(26)17(8-11)25-23-15-9-13(21)14(22)10-16(15)24-25;1-19(2,3)11-7-12(20(4,5)6)18(26)17(8-11)25-24-16-10-14(22)13(21)9-15(16)23;1-13(2,3)9-7-10(14(4,5)6)12(16)11(8-9)15-17;7-3-1-5(9)6(10)2-4(3)8/h7-10,26H,1-6H3;7-10,26H,23H2,1-6H3;7-8,16H,1-6H3;1-2H,9-10H2. The molecule has 426 valence electrons. The first-order valence-corrected chi connectivity index (χ1v) is 27.5. The van der Waals surface area contributed by atoms with Crippen molar-refractivity contribution in [3.8, 4) is 22.9 Å². The van der Waals surface area contributed by atoms with Crippen LogP contribution in [-0.4, -0.2) is 30.3 Å². The van der Waals surface area contributed by atoms with Crippen molar-refractivity contribution in [1.29, 1.82) is 0 Å². The van der Waals surface area contributed by atoms with Gasteiger partial charge in [-0.1, -0.05) is 212 Å². The molecule has 0 saturated heterocycles. The number of rotatable bonds is 4. The lowest BCUT2D eigenvalue weighted by Crippen LogP contribution is -2.18. The van der Waals surface area contributed by atoms with E-state index >= 15 is 0 Å². The van der Waals surface area contributed by atoms with Gasteiger partial charge in [-0.25, -0.2) is 0 Å². The molecule has 6 aromatic carbocycles. The lowest BCUT2D eigenvalue weighted by atomic mass is 9.80. The molecule has 0 saturated carbocycles. The number of nitrogens with zero attached hydrogens (tertiary/aromatic N) is 6. The van der Waals surface area contributed by atoms with Gasteiger partial charge in [0, 0.05) is 16.7 Å². The molecule has 13 nitrogen and oxygen atoms in total. The Balaban J connectivity index is 0.000000239. The number of nitroso groups, excluding NO2 is 1. The Morgan fingerprint density at radius 2 is 0.684 bits per heavy atom. The highest BCUT2D eigenvalue weighted by Crippen LogP contribution is 2.45. The summed E-state index contributed by atoms with van der Waals surface area (Å²) in [6, 6.07) is 21.0. The van der Waals surface area contributed by atoms with Gasteiger partial charge in [0.1, 0.15) is 51.0 Å². The van der Waals surface area contributed by atoms with Gasteiger partial charge in [-0.3, -0.25) is 0 Å². The fourth-order valence-corrected chi connectivity index (χ4v) is 8.50. The minimum Gasteiger partial charge on any atom is -0.505 e. The van der Waals surface area contributed by atoms with Crippen LogP contribution in [0, 0.1) is 4.91 Å². The van der Waals surface area contributed by atoms with E-state index in [1.807, 2.05) is 65.8 Å². The molecule has 19 heteroatoms. The van der Waals surface area contributed by atoms with Crippen LogP contribution in [0.3, 0.4) is 0 Å². The van der Waals surface area contributed by atoms with Crippen LogP contribution in [0.4, 0.5) is 34.1 Å². The third-order valence-corrected chi connectivity index (χ3v) is 14.7. The largest absolute Gasteiger partial charge is 0.505 e. The Morgan fingerprint density at radius 1 is 0.380 bits per heavy atom. The monoisotopic (exact) mass is 1200 g/mol. The zero-order chi connectivity index (χ0) is 60.5. The van der Waals surface area contributed by atoms with E-state index < -0.39 is 0 Å². The highest BCUT2D eigenvalue weighted by molar-refractivity contribution is 6.43. The maximum absolute atomic E-state index is 10.9. The normalized spacial score (nSPS) is 12.4. The van der Waals surface area contributed by atoms with Gasteiger partial charge in [-0.2, -0.15) is 0 Å². The first-order valence-electron chi connectivity index (χ1n) is 25.2. The van der Waals surface area contributed by atoms with Crippen molar-refractivity contribution in [3.63, 3.8) is 0 Å². The van der Waals surface area contributed by atoms with E-state index in [9.17, 15) is 20.2 Å². The van der Waals surface area contributed by atoms with Gasteiger partial charge in [0.15, 0.2) is 0 Å². The van der Waals surface area contributed by atoms with Gasteiger partial charge in [-0.15, -0.1) is 30.1 Å². The lowest BCUT2D eigenvalue weighted by molar-refractivity contribution is 0.438. The van der Waals surface area contributed by atoms with E-state index in [1.165, 1.54) is 23.0 Å². The lowest BCUT2D eigenvalue weighted by Gasteiger charge is -2.27. The predicted molar refractivity (Wildman–Crippen MR) is 335 cm³/mol. The number of phenolic OH excluding ortho intramolecular Hbond substituents is 3. The zero-order valence-corrected chi connectivity index (χ0v) is 52.9. The Hall–Kier alpha value is -5.54. The molecular formula is C60H75Cl6N9O4. The van der Waals surface area contributed by atoms with Crippen LogP contribution in [0.15, 0.2) is 88.2 Å². The Morgan fingerprint density at radius 3 is 1.05 bits per heavy atom. The number of hydrogen-bond acceptors (Lipinski definition) is 12. The van der Waals surface area contributed by atoms with Crippen molar-refractivity contribution < 1.29 is 15.3 Å². The zero-order valence-electron chi connectivity index (χ0n) is 48.4. The summed E-state index contributed by atoms with van der Waals surface area (Å²) in [4.78, 5) is 12.2. The van der Waals surface area contributed by atoms with Gasteiger partial charge in [0.2, 0.25) is 0 Å². The molecule has 0 fully saturated rings. The van der Waals surface area contributed by atoms with Crippen LogP contribution < -0.4 is 17.2 Å². The van der Waals surface area contributed by atoms with Crippen LogP contribution in [-0.2, 0) is 32.5 Å². The highest BCUT2D eigenvalue weighted by Gasteiger charge is 2.29. The number of hydrogen-bond donors (Lipinski definition) is 6. The summed E-state index contributed by atoms with van der Waals surface area (Å²) in [5.74, 6) is 0.302. The first-order chi connectivity index (χ1) is 35.9. The molecule has 79 heavy (non-hydrogen) atoms. The number of nitrogens with two attached hydrogens (primary N) is 3. The number of halogens is 6. The van der Waals surface area contributed by atoms with Crippen LogP contribution in [0.25, 0.3) is 16.7 Å². The maximum atomic E-state index is 10.9. The summed E-state index contributed by atoms with van der Waals surface area (Å²) >= 11 is 35.4. The van der Waals surface area contributed by atoms with Crippen molar-refractivity contribution in [2.75, 3.05) is 17.2 Å². The van der Waals surface area contributed by atoms with Crippen molar-refractivity contribution in [3.05, 3.63) is 141 Å². The molecule has 1 heterocycles. The first kappa shape index (κ1) is 66.0. The number of benzene rings is 6. The van der Waals surface area contributed by atoms with Gasteiger partial charge in [-0.05, 0) is 109 Å². The molecule has 0 aliphatic heterocycles. The topological polar surface area (TPSA) is 224 Å². The molecular weight excluding hydrogens is 1120 g/mol. The van der Waals surface area contributed by atoms with E-state index in [-0.39, 0.29) is 55.4 Å². The second kappa shape index (κ2) is 24.7. The highest BCUT2D eigenvalue weighted by atomic mass is 35.5. The summed E-state index contributed by atoms with van der Waals surface area (Å²) in [7, 11) is 0. The van der Waals surface area contributed by atoms with Crippen molar-refractivity contribution in [2.45, 2.75) is 157 Å². The number of azo groups is 1. The third kappa shape index (κ3) is 17.0. The number of fused-ring (bicyclic) bond motifs is 1. The summed E-state index contributed by atoms with van der Waals surface area (Å²) in [5, 5.41) is 54.4. The third-order valence-electron chi connectivity index (χ3n) is 12.5. The number of nitrogen functional groups attached to an aromatic ring is 3. The summed E-state index contributed by atoms with van der Waals surface area (Å²) in [6.45, 7) is 37.4. The SMILES string of the molecule is CC(C)(C)c1cc(-n2nc3cc(Cl)c(Cl)cc3n2)c(O)c(C(C)(C)C)c1.CC(C)(C)c1cc(N=Nc2cc(Cl)c(Cl)cc2N)c(O)c(C(C)(C)C)c1.CC(C)(C)c1cc(N=O)c(O)c(C(C)(C)C)c1.Nc1cc(Cl)c(Cl)cc1N. The number of aromatic nitrogens is 3. The molecule has 0 atom stereocenters. The van der Waals surface area contributed by atoms with Gasteiger partial charge < -0.3 is 32.5 Å². The fraction of sp³-hybridized carbons (Fsp3) is 0.400. The average Bonchev–Trinajstić information content (AvgIpc) is 3.70. The second-order valence-corrected chi connectivity index (χ2v) is 27.9. The fourth-order valence-electron chi connectivity index (χ4n) is 7.51. The van der Waals surface area contributed by atoms with E-state index in [4.69, 9.17) is 86.8 Å². The molecule has 0 bridgehead atoms. The average molecular weight is 1200 g/mol. The molecule has 0 unspecified atom stereocenters. The van der Waals surface area contributed by atoms with E-state index in [2.05, 4.69) is 115 Å². The Kier molecular flexibility index (Phi) is 20.6. The van der Waals surface area contributed by atoms with Crippen LogP contribution in [0.2, 0.25) is 30.1 Å². The molecule has 0 spiro atoms. The Bertz CT molecular complexity index is 3320. The van der Waals surface area contributed by atoms with Gasteiger partial charge in [0.25, 0.3) is 0 Å². The summed E-state index contributed by atoms with van der Waals surface area (Å²) in [6.07, 6.45) is 0. The minimum absolute atomic E-state index is 0.000463. The van der Waals surface area contributed by atoms with Crippen LogP contribution in [0.1, 0.15) is 158 Å². The smallest absolute Gasteiger partial charge is 0.150 e. The van der Waals surface area contributed by atoms with Crippen LogP contribution >= 0.6 is 69.6 Å². The number of aromatic hydroxyl groups is 3. The quantitative estimate of drug-likeness (QED) is 0.0559. The van der Waals surface area contributed by atoms with Gasteiger partial charge in [0.05, 0.1) is 47.2 Å². The second-order valence-electron chi connectivity index (χ2n) is 25.4. The molecule has 1 aromatic heterocycles. The molecule has 9 N–H and O–H groups in total. The summed E-state index contributed by atoms with van der Waals surface area (Å²) < 4.78 is 0. The number of anilines is 3. The minimum atomic E-state index is -0.238. The van der Waals surface area contributed by atoms with Crippen molar-refractivity contribution in [1.82, 2.24) is 15.0 Å².